The van der Waals surface area contributed by atoms with Gasteiger partial charge >= 0.3 is 0 Å². The molecule has 1 aromatic rings. The molecule has 0 spiro atoms. The summed E-state index contributed by atoms with van der Waals surface area (Å²) in [4.78, 5) is 14.1. The summed E-state index contributed by atoms with van der Waals surface area (Å²) in [6.45, 7) is 6.30. The SMILES string of the molecule is CCNC(CC)CN1C(=O)CCOc2ccccc21. The Labute approximate surface area is 114 Å². The van der Waals surface area contributed by atoms with Gasteiger partial charge in [-0.3, -0.25) is 4.79 Å². The summed E-state index contributed by atoms with van der Waals surface area (Å²) in [5, 5.41) is 3.42. The lowest BCUT2D eigenvalue weighted by Gasteiger charge is -2.27. The number of fused-ring (bicyclic) bond motifs is 1. The van der Waals surface area contributed by atoms with Gasteiger partial charge in [0.1, 0.15) is 5.75 Å². The summed E-state index contributed by atoms with van der Waals surface area (Å²) in [7, 11) is 0. The third-order valence-electron chi connectivity index (χ3n) is 3.42. The molecule has 0 aromatic heterocycles. The standard InChI is InChI=1S/C15H22N2O2/c1-3-12(16-4-2)11-17-13-7-5-6-8-14(13)19-10-9-15(17)18/h5-8,12,16H,3-4,9-11H2,1-2H3. The molecule has 2 rings (SSSR count). The van der Waals surface area contributed by atoms with Gasteiger partial charge in [-0.1, -0.05) is 26.0 Å². The Hall–Kier alpha value is -1.55. The largest absolute Gasteiger partial charge is 0.491 e. The van der Waals surface area contributed by atoms with Crippen LogP contribution >= 0.6 is 0 Å². The van der Waals surface area contributed by atoms with Crippen LogP contribution in [0.1, 0.15) is 26.7 Å². The zero-order valence-corrected chi connectivity index (χ0v) is 11.7. The molecule has 104 valence electrons. The Kier molecular flexibility index (Phi) is 4.80. The van der Waals surface area contributed by atoms with Crippen molar-refractivity contribution >= 4 is 11.6 Å². The van der Waals surface area contributed by atoms with Gasteiger partial charge in [0.15, 0.2) is 0 Å². The zero-order valence-electron chi connectivity index (χ0n) is 11.7. The fourth-order valence-electron chi connectivity index (χ4n) is 2.37. The summed E-state index contributed by atoms with van der Waals surface area (Å²) in [5.41, 5.74) is 0.890. The van der Waals surface area contributed by atoms with Crippen LogP contribution in [0, 0.1) is 0 Å². The smallest absolute Gasteiger partial charge is 0.230 e. The highest BCUT2D eigenvalue weighted by molar-refractivity contribution is 5.95. The lowest BCUT2D eigenvalue weighted by atomic mass is 10.1. The van der Waals surface area contributed by atoms with Gasteiger partial charge in [0.05, 0.1) is 18.7 Å². The van der Waals surface area contributed by atoms with E-state index in [-0.39, 0.29) is 5.91 Å². The van der Waals surface area contributed by atoms with Crippen molar-refractivity contribution < 1.29 is 9.53 Å². The number of carbonyl (C=O) groups excluding carboxylic acids is 1. The van der Waals surface area contributed by atoms with Crippen LogP contribution in [0.3, 0.4) is 0 Å². The van der Waals surface area contributed by atoms with Crippen LogP contribution in [-0.2, 0) is 4.79 Å². The van der Waals surface area contributed by atoms with Crippen molar-refractivity contribution in [3.05, 3.63) is 24.3 Å². The maximum atomic E-state index is 12.3. The van der Waals surface area contributed by atoms with Crippen molar-refractivity contribution in [3.63, 3.8) is 0 Å². The second kappa shape index (κ2) is 6.57. The molecule has 1 aliphatic heterocycles. The first-order valence-electron chi connectivity index (χ1n) is 7.01. The fraction of sp³-hybridized carbons (Fsp3) is 0.533. The third-order valence-corrected chi connectivity index (χ3v) is 3.42. The minimum Gasteiger partial charge on any atom is -0.491 e. The number of amides is 1. The van der Waals surface area contributed by atoms with Gasteiger partial charge in [-0.2, -0.15) is 0 Å². The lowest BCUT2D eigenvalue weighted by Crippen LogP contribution is -2.43. The normalized spacial score (nSPS) is 16.5. The van der Waals surface area contributed by atoms with Gasteiger partial charge < -0.3 is 15.0 Å². The van der Waals surface area contributed by atoms with Crippen LogP contribution in [0.2, 0.25) is 0 Å². The minimum atomic E-state index is 0.140. The molecule has 1 aliphatic rings. The average molecular weight is 262 g/mol. The molecule has 19 heavy (non-hydrogen) atoms. The molecule has 0 radical (unpaired) electrons. The van der Waals surface area contributed by atoms with Crippen LogP contribution in [0.15, 0.2) is 24.3 Å². The Morgan fingerprint density at radius 1 is 1.37 bits per heavy atom. The first-order chi connectivity index (χ1) is 9.26. The Morgan fingerprint density at radius 3 is 2.89 bits per heavy atom. The molecular weight excluding hydrogens is 240 g/mol. The number of rotatable bonds is 5. The number of benzene rings is 1. The molecule has 1 unspecified atom stereocenters. The van der Waals surface area contributed by atoms with Gasteiger partial charge in [-0.25, -0.2) is 0 Å². The van der Waals surface area contributed by atoms with E-state index in [2.05, 4.69) is 19.2 Å². The number of nitrogens with one attached hydrogen (secondary N) is 1. The highest BCUT2D eigenvalue weighted by Crippen LogP contribution is 2.31. The van der Waals surface area contributed by atoms with Crippen LogP contribution in [-0.4, -0.2) is 31.6 Å². The topological polar surface area (TPSA) is 41.6 Å². The Morgan fingerprint density at radius 2 is 2.16 bits per heavy atom. The van der Waals surface area contributed by atoms with Crippen LogP contribution < -0.4 is 15.0 Å². The first-order valence-corrected chi connectivity index (χ1v) is 7.01. The van der Waals surface area contributed by atoms with Crippen molar-refractivity contribution in [1.29, 1.82) is 0 Å². The molecule has 0 fully saturated rings. The second-order valence-electron chi connectivity index (χ2n) is 4.73. The summed E-state index contributed by atoms with van der Waals surface area (Å²) in [5.74, 6) is 0.945. The quantitative estimate of drug-likeness (QED) is 0.884. The summed E-state index contributed by atoms with van der Waals surface area (Å²) in [6.07, 6.45) is 1.44. The van der Waals surface area contributed by atoms with Crippen molar-refractivity contribution in [1.82, 2.24) is 5.32 Å². The number of hydrogen-bond donors (Lipinski definition) is 1. The monoisotopic (exact) mass is 262 g/mol. The predicted octanol–water partition coefficient (Wildman–Crippen LogP) is 2.19. The van der Waals surface area contributed by atoms with Crippen molar-refractivity contribution in [2.45, 2.75) is 32.7 Å². The molecule has 1 amide bonds. The van der Waals surface area contributed by atoms with Gasteiger partial charge in [0.2, 0.25) is 5.91 Å². The number of likely N-dealkylation sites (N-methyl/N-ethyl adjacent to an activating group) is 1. The molecule has 1 aromatic carbocycles. The average Bonchev–Trinajstić information content (AvgIpc) is 2.58. The zero-order chi connectivity index (χ0) is 13.7. The van der Waals surface area contributed by atoms with Crippen molar-refractivity contribution in [2.24, 2.45) is 0 Å². The van der Waals surface area contributed by atoms with E-state index in [1.807, 2.05) is 29.2 Å². The molecular formula is C15H22N2O2. The lowest BCUT2D eigenvalue weighted by molar-refractivity contribution is -0.118. The van der Waals surface area contributed by atoms with Crippen molar-refractivity contribution in [2.75, 3.05) is 24.6 Å². The summed E-state index contributed by atoms with van der Waals surface area (Å²) >= 11 is 0. The molecule has 0 aliphatic carbocycles. The Balaban J connectivity index is 2.23. The third kappa shape index (κ3) is 3.26. The van der Waals surface area contributed by atoms with E-state index in [9.17, 15) is 4.79 Å². The first kappa shape index (κ1) is 13.9. The van der Waals surface area contributed by atoms with Crippen LogP contribution in [0.5, 0.6) is 5.75 Å². The highest BCUT2D eigenvalue weighted by atomic mass is 16.5. The van der Waals surface area contributed by atoms with Gasteiger partial charge in [-0.05, 0) is 25.1 Å². The highest BCUT2D eigenvalue weighted by Gasteiger charge is 2.24. The summed E-state index contributed by atoms with van der Waals surface area (Å²) < 4.78 is 5.64. The second-order valence-corrected chi connectivity index (χ2v) is 4.73. The van der Waals surface area contributed by atoms with Crippen molar-refractivity contribution in [3.8, 4) is 5.75 Å². The Bertz CT molecular complexity index is 434. The van der Waals surface area contributed by atoms with E-state index in [0.29, 0.717) is 25.6 Å². The summed E-state index contributed by atoms with van der Waals surface area (Å²) in [6, 6.07) is 8.09. The molecule has 4 nitrogen and oxygen atoms in total. The van der Waals surface area contributed by atoms with Gasteiger partial charge in [0, 0.05) is 12.6 Å². The minimum absolute atomic E-state index is 0.140. The number of carbonyl (C=O) groups is 1. The van der Waals surface area contributed by atoms with E-state index in [0.717, 1.165) is 24.4 Å². The van der Waals surface area contributed by atoms with Crippen LogP contribution in [0.4, 0.5) is 5.69 Å². The number of anilines is 1. The maximum Gasteiger partial charge on any atom is 0.230 e. The van der Waals surface area contributed by atoms with E-state index < -0.39 is 0 Å². The molecule has 1 atom stereocenters. The number of nitrogens with zero attached hydrogens (tertiary/aromatic N) is 1. The number of hydrogen-bond acceptors (Lipinski definition) is 3. The number of ether oxygens (including phenoxy) is 1. The predicted molar refractivity (Wildman–Crippen MR) is 76.7 cm³/mol. The van der Waals surface area contributed by atoms with E-state index in [1.165, 1.54) is 0 Å². The van der Waals surface area contributed by atoms with E-state index >= 15 is 0 Å². The van der Waals surface area contributed by atoms with E-state index in [4.69, 9.17) is 4.74 Å². The number of para-hydroxylation sites is 2. The van der Waals surface area contributed by atoms with Crippen LogP contribution in [0.25, 0.3) is 0 Å². The van der Waals surface area contributed by atoms with Gasteiger partial charge in [-0.15, -0.1) is 0 Å². The molecule has 0 saturated heterocycles. The molecule has 1 heterocycles. The van der Waals surface area contributed by atoms with E-state index in [1.54, 1.807) is 0 Å². The molecule has 4 heteroatoms. The maximum absolute atomic E-state index is 12.3. The molecule has 0 saturated carbocycles. The molecule has 1 N–H and O–H groups in total. The molecule has 0 bridgehead atoms. The van der Waals surface area contributed by atoms with Gasteiger partial charge in [0.25, 0.3) is 0 Å². The fourth-order valence-corrected chi connectivity index (χ4v) is 2.37.